The van der Waals surface area contributed by atoms with Crippen LogP contribution in [0.3, 0.4) is 0 Å². The fourth-order valence-corrected chi connectivity index (χ4v) is 5.04. The Bertz CT molecular complexity index is 908. The summed E-state index contributed by atoms with van der Waals surface area (Å²) in [5.41, 5.74) is 6.48. The number of allylic oxidation sites excluding steroid dienone is 1. The van der Waals surface area contributed by atoms with Crippen LogP contribution >= 0.6 is 0 Å². The second-order valence-electron chi connectivity index (χ2n) is 9.28. The van der Waals surface area contributed by atoms with Crippen molar-refractivity contribution in [2.24, 2.45) is 16.6 Å². The smallest absolute Gasteiger partial charge is 0.322 e. The minimum Gasteiger partial charge on any atom is -0.368 e. The van der Waals surface area contributed by atoms with Crippen LogP contribution in [0.4, 0.5) is 14.9 Å². The Morgan fingerprint density at radius 1 is 1.30 bits per heavy atom. The summed E-state index contributed by atoms with van der Waals surface area (Å²) in [4.78, 5) is 34.4. The quantitative estimate of drug-likeness (QED) is 0.652. The van der Waals surface area contributed by atoms with Gasteiger partial charge in [0.1, 0.15) is 11.4 Å². The zero-order chi connectivity index (χ0) is 24.2. The van der Waals surface area contributed by atoms with Gasteiger partial charge in [-0.05, 0) is 68.5 Å². The molecule has 7 nitrogen and oxygen atoms in total. The molecule has 2 aliphatic heterocycles. The van der Waals surface area contributed by atoms with E-state index in [4.69, 9.17) is 5.73 Å². The highest BCUT2D eigenvalue weighted by Crippen LogP contribution is 2.35. The molecule has 1 aromatic carbocycles. The van der Waals surface area contributed by atoms with Crippen LogP contribution in [-0.2, 0) is 4.79 Å². The highest BCUT2D eigenvalue weighted by atomic mass is 19.1. The van der Waals surface area contributed by atoms with Crippen LogP contribution in [0.5, 0.6) is 0 Å². The minimum absolute atomic E-state index is 0.0345. The summed E-state index contributed by atoms with van der Waals surface area (Å²) in [6.07, 6.45) is 6.02. The van der Waals surface area contributed by atoms with Crippen LogP contribution in [-0.4, -0.2) is 65.2 Å². The average molecular weight is 458 g/mol. The first kappa shape index (κ1) is 24.9. The summed E-state index contributed by atoms with van der Waals surface area (Å²) in [5.74, 6) is -0.382. The normalized spacial score (nSPS) is 24.8. The molecule has 2 unspecified atom stereocenters. The first-order valence-corrected chi connectivity index (χ1v) is 11.8. The number of urea groups is 1. The lowest BCUT2D eigenvalue weighted by Gasteiger charge is -2.49. The Hall–Kier alpha value is -2.74. The van der Waals surface area contributed by atoms with Crippen molar-refractivity contribution >= 4 is 23.8 Å². The number of nitrogens with zero attached hydrogens (tertiary/aromatic N) is 3. The largest absolute Gasteiger partial charge is 0.368 e. The highest BCUT2D eigenvalue weighted by Gasteiger charge is 2.50. The number of piperidine rings is 1. The van der Waals surface area contributed by atoms with Crippen molar-refractivity contribution < 1.29 is 14.0 Å². The number of rotatable bonds is 7. The van der Waals surface area contributed by atoms with Gasteiger partial charge in [0.2, 0.25) is 5.91 Å². The highest BCUT2D eigenvalue weighted by molar-refractivity contribution is 5.93. The van der Waals surface area contributed by atoms with E-state index in [0.29, 0.717) is 31.2 Å². The molecular weight excluding hydrogens is 421 g/mol. The lowest BCUT2D eigenvalue weighted by molar-refractivity contribution is -0.130. The SMILES string of the molecule is CCC(C)CN(C(=O)Nc1ccc(F)cc1)C1CCN([C@]2(C(N)=O)C(C)=CC=NC2C)CC1. The topological polar surface area (TPSA) is 91.0 Å². The third-order valence-electron chi connectivity index (χ3n) is 7.18. The van der Waals surface area contributed by atoms with Crippen molar-refractivity contribution in [3.63, 3.8) is 0 Å². The van der Waals surface area contributed by atoms with E-state index in [2.05, 4.69) is 29.1 Å². The number of primary amides is 1. The fraction of sp³-hybridized carbons (Fsp3) is 0.560. The number of anilines is 1. The summed E-state index contributed by atoms with van der Waals surface area (Å²) in [6, 6.07) is 5.38. The van der Waals surface area contributed by atoms with Crippen molar-refractivity contribution in [1.29, 1.82) is 0 Å². The molecule has 0 aliphatic carbocycles. The molecule has 0 aromatic heterocycles. The number of carbonyl (C=O) groups is 2. The standard InChI is InChI=1S/C25H36FN5O2/c1-5-17(2)16-31(24(33)29-21-8-6-20(26)7-9-21)22-11-14-30(15-12-22)25(23(27)32)18(3)10-13-28-19(25)4/h6-10,13,17,19,22H,5,11-12,14-16H2,1-4H3,(H2,27,32)(H,29,33)/t17?,19?,25-/m1/s1. The Morgan fingerprint density at radius 3 is 2.48 bits per heavy atom. The average Bonchev–Trinajstić information content (AvgIpc) is 2.79. The van der Waals surface area contributed by atoms with Gasteiger partial charge in [-0.2, -0.15) is 0 Å². The van der Waals surface area contributed by atoms with Gasteiger partial charge in [-0.15, -0.1) is 0 Å². The van der Waals surface area contributed by atoms with Gasteiger partial charge in [-0.3, -0.25) is 14.7 Å². The van der Waals surface area contributed by atoms with E-state index >= 15 is 0 Å². The van der Waals surface area contributed by atoms with Crippen molar-refractivity contribution in [1.82, 2.24) is 9.80 Å². The van der Waals surface area contributed by atoms with Gasteiger partial charge >= 0.3 is 6.03 Å². The number of nitrogens with two attached hydrogens (primary N) is 1. The molecule has 0 bridgehead atoms. The number of dihydropyridines is 1. The predicted octanol–water partition coefficient (Wildman–Crippen LogP) is 3.81. The number of likely N-dealkylation sites (tertiary alicyclic amines) is 1. The van der Waals surface area contributed by atoms with E-state index in [1.54, 1.807) is 18.3 Å². The van der Waals surface area contributed by atoms with Crippen LogP contribution in [0.25, 0.3) is 0 Å². The van der Waals surface area contributed by atoms with Gasteiger partial charge in [-0.25, -0.2) is 9.18 Å². The first-order chi connectivity index (χ1) is 15.7. The molecule has 2 heterocycles. The van der Waals surface area contributed by atoms with E-state index in [1.165, 1.54) is 12.1 Å². The van der Waals surface area contributed by atoms with Gasteiger partial charge < -0.3 is 16.0 Å². The van der Waals surface area contributed by atoms with Gasteiger partial charge in [0.25, 0.3) is 0 Å². The number of aliphatic imine (C=N–C) groups is 1. The zero-order valence-electron chi connectivity index (χ0n) is 20.1. The molecule has 0 radical (unpaired) electrons. The molecule has 8 heteroatoms. The van der Waals surface area contributed by atoms with Crippen LogP contribution in [0.15, 0.2) is 40.9 Å². The summed E-state index contributed by atoms with van der Waals surface area (Å²) < 4.78 is 13.3. The van der Waals surface area contributed by atoms with E-state index in [1.807, 2.05) is 24.8 Å². The molecule has 1 aromatic rings. The monoisotopic (exact) mass is 457 g/mol. The third-order valence-corrected chi connectivity index (χ3v) is 7.18. The van der Waals surface area contributed by atoms with Crippen molar-refractivity contribution in [2.75, 3.05) is 25.0 Å². The molecule has 0 saturated carbocycles. The number of halogens is 1. The number of hydrogen-bond donors (Lipinski definition) is 2. The van der Waals surface area contributed by atoms with E-state index < -0.39 is 5.54 Å². The zero-order valence-corrected chi connectivity index (χ0v) is 20.1. The Kier molecular flexibility index (Phi) is 7.89. The number of carbonyl (C=O) groups excluding carboxylic acids is 2. The second-order valence-corrected chi connectivity index (χ2v) is 9.28. The first-order valence-electron chi connectivity index (χ1n) is 11.8. The van der Waals surface area contributed by atoms with Crippen LogP contribution < -0.4 is 11.1 Å². The minimum atomic E-state index is -0.933. The summed E-state index contributed by atoms with van der Waals surface area (Å²) in [7, 11) is 0. The Morgan fingerprint density at radius 2 is 1.94 bits per heavy atom. The molecule has 1 fully saturated rings. The lowest BCUT2D eigenvalue weighted by Crippen LogP contribution is -2.67. The van der Waals surface area contributed by atoms with E-state index in [9.17, 15) is 14.0 Å². The summed E-state index contributed by atoms with van der Waals surface area (Å²) in [6.45, 7) is 10.0. The maximum absolute atomic E-state index is 13.3. The Labute approximate surface area is 195 Å². The van der Waals surface area contributed by atoms with Gasteiger partial charge in [-0.1, -0.05) is 20.3 Å². The maximum atomic E-state index is 13.3. The summed E-state index contributed by atoms with van der Waals surface area (Å²) >= 11 is 0. The molecule has 3 rings (SSSR count). The van der Waals surface area contributed by atoms with Crippen LogP contribution in [0.2, 0.25) is 0 Å². The molecule has 3 amide bonds. The molecule has 180 valence electrons. The molecule has 33 heavy (non-hydrogen) atoms. The molecule has 3 atom stereocenters. The van der Waals surface area contributed by atoms with Gasteiger partial charge in [0, 0.05) is 37.6 Å². The third kappa shape index (κ3) is 5.11. The second kappa shape index (κ2) is 10.5. The Balaban J connectivity index is 1.75. The van der Waals surface area contributed by atoms with Gasteiger partial charge in [0.15, 0.2) is 0 Å². The van der Waals surface area contributed by atoms with Crippen LogP contribution in [0.1, 0.15) is 47.0 Å². The van der Waals surface area contributed by atoms with Crippen molar-refractivity contribution in [3.05, 3.63) is 41.7 Å². The number of nitrogens with one attached hydrogen (secondary N) is 1. The molecule has 2 aliphatic rings. The maximum Gasteiger partial charge on any atom is 0.322 e. The molecule has 3 N–H and O–H groups in total. The summed E-state index contributed by atoms with van der Waals surface area (Å²) in [5, 5.41) is 2.91. The van der Waals surface area contributed by atoms with E-state index in [-0.39, 0.29) is 29.8 Å². The fourth-order valence-electron chi connectivity index (χ4n) is 5.04. The number of hydrogen-bond acceptors (Lipinski definition) is 4. The molecular formula is C25H36FN5O2. The predicted molar refractivity (Wildman–Crippen MR) is 130 cm³/mol. The van der Waals surface area contributed by atoms with Gasteiger partial charge in [0.05, 0.1) is 6.04 Å². The molecule has 1 saturated heterocycles. The van der Waals surface area contributed by atoms with E-state index in [0.717, 1.165) is 24.8 Å². The lowest BCUT2D eigenvalue weighted by atomic mass is 9.78. The molecule has 0 spiro atoms. The van der Waals surface area contributed by atoms with Crippen molar-refractivity contribution in [3.8, 4) is 0 Å². The number of benzene rings is 1. The van der Waals surface area contributed by atoms with Crippen LogP contribution in [0, 0.1) is 11.7 Å². The van der Waals surface area contributed by atoms with Crippen molar-refractivity contribution in [2.45, 2.75) is 64.6 Å². The number of amides is 3.